The molecule has 0 aromatic heterocycles. The quantitative estimate of drug-likeness (QED) is 0.627. The standard InChI is InChI=1S/C25H30ClN3O4S/c26-21-10-12-22(13-11-21)34(32,33)29(23-5-1-2-14-27-25(23)31)18-20-8-6-19(7-9-20)17-24(30)28-15-3-4-16-28/h6-13,23H,1-5,14-18H2,(H,27,31). The Hall–Kier alpha value is -2.42. The predicted octanol–water partition coefficient (Wildman–Crippen LogP) is 3.36. The molecule has 2 aliphatic rings. The summed E-state index contributed by atoms with van der Waals surface area (Å²) in [4.78, 5) is 27.2. The Morgan fingerprint density at radius 2 is 1.62 bits per heavy atom. The molecule has 2 heterocycles. The summed E-state index contributed by atoms with van der Waals surface area (Å²) in [5, 5.41) is 3.28. The SMILES string of the molecule is O=C1NCCCCC1N(Cc1ccc(CC(=O)N2CCCC2)cc1)S(=O)(=O)c1ccc(Cl)cc1. The van der Waals surface area contributed by atoms with Gasteiger partial charge in [0.25, 0.3) is 0 Å². The average molecular weight is 504 g/mol. The number of hydrogen-bond donors (Lipinski definition) is 1. The van der Waals surface area contributed by atoms with E-state index < -0.39 is 16.1 Å². The molecule has 34 heavy (non-hydrogen) atoms. The van der Waals surface area contributed by atoms with Crippen LogP contribution in [0.4, 0.5) is 0 Å². The van der Waals surface area contributed by atoms with E-state index in [2.05, 4.69) is 5.32 Å². The second-order valence-corrected chi connectivity index (χ2v) is 11.2. The van der Waals surface area contributed by atoms with E-state index in [1.54, 1.807) is 0 Å². The molecule has 0 radical (unpaired) electrons. The van der Waals surface area contributed by atoms with Crippen LogP contribution in [0.15, 0.2) is 53.4 Å². The Morgan fingerprint density at radius 1 is 0.971 bits per heavy atom. The molecule has 2 fully saturated rings. The number of halogens is 1. The van der Waals surface area contributed by atoms with E-state index in [-0.39, 0.29) is 23.3 Å². The van der Waals surface area contributed by atoms with E-state index in [0.717, 1.165) is 49.9 Å². The summed E-state index contributed by atoms with van der Waals surface area (Å²) in [7, 11) is -3.95. The zero-order valence-electron chi connectivity index (χ0n) is 19.1. The molecular weight excluding hydrogens is 474 g/mol. The summed E-state index contributed by atoms with van der Waals surface area (Å²) in [5.74, 6) is -0.157. The van der Waals surface area contributed by atoms with Crippen LogP contribution in [0.25, 0.3) is 0 Å². The van der Waals surface area contributed by atoms with Gasteiger partial charge in [-0.25, -0.2) is 8.42 Å². The third-order valence-electron chi connectivity index (χ3n) is 6.45. The minimum absolute atomic E-state index is 0.0589. The second kappa shape index (κ2) is 10.9. The Morgan fingerprint density at radius 3 is 2.29 bits per heavy atom. The van der Waals surface area contributed by atoms with Crippen LogP contribution >= 0.6 is 11.6 Å². The largest absolute Gasteiger partial charge is 0.355 e. The molecule has 4 rings (SSSR count). The number of hydrogen-bond acceptors (Lipinski definition) is 4. The van der Waals surface area contributed by atoms with Crippen LogP contribution in [0.5, 0.6) is 0 Å². The highest BCUT2D eigenvalue weighted by atomic mass is 35.5. The number of carbonyl (C=O) groups is 2. The van der Waals surface area contributed by atoms with Gasteiger partial charge in [-0.05, 0) is 67.5 Å². The fraction of sp³-hybridized carbons (Fsp3) is 0.440. The monoisotopic (exact) mass is 503 g/mol. The van der Waals surface area contributed by atoms with Crippen LogP contribution in [-0.4, -0.2) is 55.1 Å². The lowest BCUT2D eigenvalue weighted by molar-refractivity contribution is -0.129. The molecule has 0 bridgehead atoms. The van der Waals surface area contributed by atoms with E-state index in [0.29, 0.717) is 24.4 Å². The van der Waals surface area contributed by atoms with Gasteiger partial charge in [0, 0.05) is 31.2 Å². The van der Waals surface area contributed by atoms with Crippen molar-refractivity contribution in [1.82, 2.24) is 14.5 Å². The van der Waals surface area contributed by atoms with Crippen molar-refractivity contribution in [1.29, 1.82) is 0 Å². The molecule has 0 aliphatic carbocycles. The Bertz CT molecular complexity index is 1110. The summed E-state index contributed by atoms with van der Waals surface area (Å²) in [6.07, 6.45) is 4.47. The molecule has 2 aliphatic heterocycles. The summed E-state index contributed by atoms with van der Waals surface area (Å²) < 4.78 is 28.5. The number of carbonyl (C=O) groups excluding carboxylic acids is 2. The fourth-order valence-electron chi connectivity index (χ4n) is 4.50. The predicted molar refractivity (Wildman–Crippen MR) is 131 cm³/mol. The Balaban J connectivity index is 1.57. The third-order valence-corrected chi connectivity index (χ3v) is 8.57. The minimum atomic E-state index is -3.95. The molecule has 2 saturated heterocycles. The molecule has 0 spiro atoms. The zero-order chi connectivity index (χ0) is 24.1. The molecule has 1 N–H and O–H groups in total. The fourth-order valence-corrected chi connectivity index (χ4v) is 6.23. The molecule has 182 valence electrons. The molecular formula is C25H30ClN3O4S. The molecule has 1 atom stereocenters. The van der Waals surface area contributed by atoms with Gasteiger partial charge in [-0.3, -0.25) is 9.59 Å². The van der Waals surface area contributed by atoms with Gasteiger partial charge in [-0.1, -0.05) is 35.9 Å². The Labute approximate surface area is 206 Å². The van der Waals surface area contributed by atoms with E-state index in [4.69, 9.17) is 11.6 Å². The second-order valence-electron chi connectivity index (χ2n) is 8.89. The van der Waals surface area contributed by atoms with Gasteiger partial charge in [0.1, 0.15) is 6.04 Å². The normalized spacial score (nSPS) is 19.2. The van der Waals surface area contributed by atoms with Gasteiger partial charge in [0.15, 0.2) is 0 Å². The van der Waals surface area contributed by atoms with Crippen LogP contribution in [0, 0.1) is 0 Å². The smallest absolute Gasteiger partial charge is 0.244 e. The maximum atomic E-state index is 13.6. The van der Waals surface area contributed by atoms with Crippen molar-refractivity contribution in [3.8, 4) is 0 Å². The number of nitrogens with one attached hydrogen (secondary N) is 1. The first-order valence-electron chi connectivity index (χ1n) is 11.8. The highest BCUT2D eigenvalue weighted by Crippen LogP contribution is 2.26. The third kappa shape index (κ3) is 5.79. The molecule has 2 aromatic rings. The van der Waals surface area contributed by atoms with Crippen LogP contribution < -0.4 is 5.32 Å². The Kier molecular flexibility index (Phi) is 7.91. The molecule has 1 unspecified atom stereocenters. The van der Waals surface area contributed by atoms with Gasteiger partial charge in [-0.2, -0.15) is 4.31 Å². The molecule has 2 aromatic carbocycles. The lowest BCUT2D eigenvalue weighted by Gasteiger charge is -2.29. The highest BCUT2D eigenvalue weighted by Gasteiger charge is 2.36. The first-order chi connectivity index (χ1) is 16.3. The van der Waals surface area contributed by atoms with Crippen molar-refractivity contribution in [2.24, 2.45) is 0 Å². The maximum Gasteiger partial charge on any atom is 0.244 e. The van der Waals surface area contributed by atoms with Gasteiger partial charge in [-0.15, -0.1) is 0 Å². The van der Waals surface area contributed by atoms with Crippen LogP contribution in [0.3, 0.4) is 0 Å². The van der Waals surface area contributed by atoms with Crippen molar-refractivity contribution in [3.05, 3.63) is 64.7 Å². The van der Waals surface area contributed by atoms with E-state index in [1.807, 2.05) is 29.2 Å². The van der Waals surface area contributed by atoms with Crippen molar-refractivity contribution < 1.29 is 18.0 Å². The first-order valence-corrected chi connectivity index (χ1v) is 13.6. The van der Waals surface area contributed by atoms with Gasteiger partial charge in [0.05, 0.1) is 11.3 Å². The van der Waals surface area contributed by atoms with Gasteiger partial charge >= 0.3 is 0 Å². The molecule has 7 nitrogen and oxygen atoms in total. The maximum absolute atomic E-state index is 13.6. The number of nitrogens with zero attached hydrogens (tertiary/aromatic N) is 2. The van der Waals surface area contributed by atoms with E-state index in [1.165, 1.54) is 28.6 Å². The van der Waals surface area contributed by atoms with Crippen LogP contribution in [0.1, 0.15) is 43.2 Å². The average Bonchev–Trinajstić information content (AvgIpc) is 3.29. The number of amides is 2. The summed E-state index contributed by atoms with van der Waals surface area (Å²) in [5.41, 5.74) is 1.65. The lowest BCUT2D eigenvalue weighted by Crippen LogP contribution is -2.48. The van der Waals surface area contributed by atoms with Crippen molar-refractivity contribution in [2.45, 2.75) is 56.0 Å². The first kappa shape index (κ1) is 24.7. The van der Waals surface area contributed by atoms with E-state index >= 15 is 0 Å². The van der Waals surface area contributed by atoms with Gasteiger partial charge < -0.3 is 10.2 Å². The van der Waals surface area contributed by atoms with Crippen molar-refractivity contribution >= 4 is 33.4 Å². The van der Waals surface area contributed by atoms with E-state index in [9.17, 15) is 18.0 Å². The number of likely N-dealkylation sites (tertiary alicyclic amines) is 1. The summed E-state index contributed by atoms with van der Waals surface area (Å²) in [6.45, 7) is 2.24. The summed E-state index contributed by atoms with van der Waals surface area (Å²) >= 11 is 5.96. The molecule has 0 saturated carbocycles. The van der Waals surface area contributed by atoms with Crippen LogP contribution in [0.2, 0.25) is 5.02 Å². The minimum Gasteiger partial charge on any atom is -0.355 e. The molecule has 9 heteroatoms. The van der Waals surface area contributed by atoms with Gasteiger partial charge in [0.2, 0.25) is 21.8 Å². The van der Waals surface area contributed by atoms with Crippen LogP contribution in [-0.2, 0) is 32.6 Å². The highest BCUT2D eigenvalue weighted by molar-refractivity contribution is 7.89. The zero-order valence-corrected chi connectivity index (χ0v) is 20.7. The number of benzene rings is 2. The van der Waals surface area contributed by atoms with Crippen molar-refractivity contribution in [2.75, 3.05) is 19.6 Å². The molecule has 2 amide bonds. The summed E-state index contributed by atoms with van der Waals surface area (Å²) in [6, 6.07) is 12.6. The topological polar surface area (TPSA) is 86.8 Å². The number of rotatable bonds is 7. The van der Waals surface area contributed by atoms with Crippen molar-refractivity contribution in [3.63, 3.8) is 0 Å². The number of sulfonamides is 1. The lowest BCUT2D eigenvalue weighted by atomic mass is 10.1.